The zero-order valence-electron chi connectivity index (χ0n) is 8.42. The highest BCUT2D eigenvalue weighted by Gasteiger charge is 2.50. The van der Waals surface area contributed by atoms with E-state index in [1.54, 1.807) is 0 Å². The Labute approximate surface area is 79.3 Å². The molecule has 1 aliphatic carbocycles. The molecule has 2 aliphatic rings. The Morgan fingerprint density at radius 2 is 2.08 bits per heavy atom. The van der Waals surface area contributed by atoms with Crippen LogP contribution in [-0.2, 0) is 4.79 Å². The van der Waals surface area contributed by atoms with Crippen LogP contribution < -0.4 is 5.73 Å². The predicted octanol–water partition coefficient (Wildman–Crippen LogP) is 0.735. The summed E-state index contributed by atoms with van der Waals surface area (Å²) in [6.45, 7) is 5.21. The van der Waals surface area contributed by atoms with Crippen LogP contribution in [0.15, 0.2) is 0 Å². The first-order valence-corrected chi connectivity index (χ1v) is 5.13. The molecule has 2 N–H and O–H groups in total. The largest absolute Gasteiger partial charge is 0.338 e. The van der Waals surface area contributed by atoms with Gasteiger partial charge in [-0.05, 0) is 32.1 Å². The van der Waals surface area contributed by atoms with Gasteiger partial charge in [0, 0.05) is 12.6 Å². The minimum Gasteiger partial charge on any atom is -0.338 e. The summed E-state index contributed by atoms with van der Waals surface area (Å²) >= 11 is 0. The monoisotopic (exact) mass is 182 g/mol. The number of amides is 1. The maximum atomic E-state index is 11.9. The van der Waals surface area contributed by atoms with E-state index in [1.165, 1.54) is 0 Å². The highest BCUT2D eigenvalue weighted by Crippen LogP contribution is 2.36. The van der Waals surface area contributed by atoms with Gasteiger partial charge >= 0.3 is 0 Å². The molecule has 2 atom stereocenters. The number of carbonyl (C=O) groups is 1. The molecule has 1 saturated carbocycles. The van der Waals surface area contributed by atoms with Gasteiger partial charge in [0.2, 0.25) is 5.91 Å². The molecule has 1 saturated heterocycles. The number of hydrogen-bond donors (Lipinski definition) is 1. The normalized spacial score (nSPS) is 36.4. The fourth-order valence-corrected chi connectivity index (χ4v) is 2.22. The Morgan fingerprint density at radius 1 is 1.46 bits per heavy atom. The number of carbonyl (C=O) groups excluding carboxylic acids is 1. The van der Waals surface area contributed by atoms with Gasteiger partial charge in [0.15, 0.2) is 0 Å². The van der Waals surface area contributed by atoms with E-state index in [0.29, 0.717) is 12.0 Å². The molecule has 0 aromatic rings. The zero-order chi connectivity index (χ0) is 9.64. The average molecular weight is 182 g/mol. The highest BCUT2D eigenvalue weighted by atomic mass is 16.2. The lowest BCUT2D eigenvalue weighted by atomic mass is 10.1. The minimum absolute atomic E-state index is 0.185. The molecular formula is C10H18N2O. The lowest BCUT2D eigenvalue weighted by Gasteiger charge is -2.24. The van der Waals surface area contributed by atoms with E-state index in [-0.39, 0.29) is 5.91 Å². The van der Waals surface area contributed by atoms with Gasteiger partial charge in [-0.2, -0.15) is 0 Å². The molecule has 0 radical (unpaired) electrons. The maximum absolute atomic E-state index is 11.9. The van der Waals surface area contributed by atoms with Crippen molar-refractivity contribution in [3.05, 3.63) is 0 Å². The molecule has 3 heteroatoms. The van der Waals surface area contributed by atoms with Crippen LogP contribution in [0.4, 0.5) is 0 Å². The fraction of sp³-hybridized carbons (Fsp3) is 0.900. The molecule has 0 bridgehead atoms. The molecule has 74 valence electrons. The average Bonchev–Trinajstić information content (AvgIpc) is 2.71. The summed E-state index contributed by atoms with van der Waals surface area (Å²) in [4.78, 5) is 13.9. The fourth-order valence-electron chi connectivity index (χ4n) is 2.22. The first kappa shape index (κ1) is 9.00. The van der Waals surface area contributed by atoms with Crippen molar-refractivity contribution in [2.24, 2.45) is 11.7 Å². The van der Waals surface area contributed by atoms with Gasteiger partial charge in [-0.3, -0.25) is 4.79 Å². The molecule has 0 aromatic heterocycles. The van der Waals surface area contributed by atoms with Crippen molar-refractivity contribution in [1.82, 2.24) is 4.90 Å². The number of nitrogens with two attached hydrogens (primary N) is 1. The molecule has 2 rings (SSSR count). The topological polar surface area (TPSA) is 46.3 Å². The van der Waals surface area contributed by atoms with Gasteiger partial charge in [0.1, 0.15) is 0 Å². The quantitative estimate of drug-likeness (QED) is 0.650. The molecular weight excluding hydrogens is 164 g/mol. The molecule has 1 aliphatic heterocycles. The predicted molar refractivity (Wildman–Crippen MR) is 51.1 cm³/mol. The lowest BCUT2D eigenvalue weighted by molar-refractivity contribution is -0.134. The molecule has 3 nitrogen and oxygen atoms in total. The van der Waals surface area contributed by atoms with Gasteiger partial charge in [-0.1, -0.05) is 6.92 Å². The van der Waals surface area contributed by atoms with Crippen LogP contribution in [0.1, 0.15) is 33.1 Å². The number of hydrogen-bond acceptors (Lipinski definition) is 2. The SMILES string of the molecule is CC1CC(C)N(C(=O)C2(N)CC2)C1. The molecule has 0 spiro atoms. The molecule has 0 aromatic carbocycles. The third-order valence-corrected chi connectivity index (χ3v) is 3.26. The Balaban J connectivity index is 2.04. The van der Waals surface area contributed by atoms with Crippen LogP contribution in [0.5, 0.6) is 0 Å². The van der Waals surface area contributed by atoms with Crippen molar-refractivity contribution < 1.29 is 4.79 Å². The number of rotatable bonds is 1. The second-order valence-electron chi connectivity index (χ2n) is 4.80. The summed E-state index contributed by atoms with van der Waals surface area (Å²) in [5, 5.41) is 0. The van der Waals surface area contributed by atoms with E-state index in [1.807, 2.05) is 4.90 Å². The van der Waals surface area contributed by atoms with E-state index in [0.717, 1.165) is 25.8 Å². The molecule has 2 unspecified atom stereocenters. The summed E-state index contributed by atoms with van der Waals surface area (Å²) < 4.78 is 0. The molecule has 1 amide bonds. The van der Waals surface area contributed by atoms with E-state index >= 15 is 0 Å². The first-order chi connectivity index (χ1) is 6.03. The van der Waals surface area contributed by atoms with Crippen molar-refractivity contribution in [1.29, 1.82) is 0 Å². The van der Waals surface area contributed by atoms with E-state index in [2.05, 4.69) is 13.8 Å². The van der Waals surface area contributed by atoms with Crippen LogP contribution in [-0.4, -0.2) is 28.9 Å². The number of likely N-dealkylation sites (tertiary alicyclic amines) is 1. The van der Waals surface area contributed by atoms with E-state index in [9.17, 15) is 4.79 Å². The van der Waals surface area contributed by atoms with Crippen LogP contribution in [0.3, 0.4) is 0 Å². The van der Waals surface area contributed by atoms with Crippen LogP contribution >= 0.6 is 0 Å². The third-order valence-electron chi connectivity index (χ3n) is 3.26. The van der Waals surface area contributed by atoms with Crippen LogP contribution in [0.2, 0.25) is 0 Å². The Hall–Kier alpha value is -0.570. The van der Waals surface area contributed by atoms with Crippen molar-refractivity contribution >= 4 is 5.91 Å². The zero-order valence-corrected chi connectivity index (χ0v) is 8.42. The standard InChI is InChI=1S/C10H18N2O/c1-7-5-8(2)12(6-7)9(13)10(11)3-4-10/h7-8H,3-6,11H2,1-2H3. The van der Waals surface area contributed by atoms with Gasteiger partial charge in [-0.25, -0.2) is 0 Å². The smallest absolute Gasteiger partial charge is 0.242 e. The summed E-state index contributed by atoms with van der Waals surface area (Å²) in [5.41, 5.74) is 5.41. The molecule has 2 fully saturated rings. The van der Waals surface area contributed by atoms with Crippen molar-refractivity contribution in [2.75, 3.05) is 6.54 Å². The minimum atomic E-state index is -0.474. The second kappa shape index (κ2) is 2.71. The molecule has 13 heavy (non-hydrogen) atoms. The Kier molecular flexibility index (Phi) is 1.88. The van der Waals surface area contributed by atoms with Gasteiger partial charge in [0.25, 0.3) is 0 Å². The molecule has 1 heterocycles. The van der Waals surface area contributed by atoms with Gasteiger partial charge in [-0.15, -0.1) is 0 Å². The highest BCUT2D eigenvalue weighted by molar-refractivity contribution is 5.89. The summed E-state index contributed by atoms with van der Waals surface area (Å²) in [5.74, 6) is 0.825. The van der Waals surface area contributed by atoms with Crippen molar-refractivity contribution in [3.63, 3.8) is 0 Å². The summed E-state index contributed by atoms with van der Waals surface area (Å²) in [6.07, 6.45) is 2.88. The van der Waals surface area contributed by atoms with Gasteiger partial charge < -0.3 is 10.6 Å². The van der Waals surface area contributed by atoms with Crippen LogP contribution in [0.25, 0.3) is 0 Å². The first-order valence-electron chi connectivity index (χ1n) is 5.13. The Morgan fingerprint density at radius 3 is 2.46 bits per heavy atom. The Bertz CT molecular complexity index is 235. The van der Waals surface area contributed by atoms with E-state index < -0.39 is 5.54 Å². The van der Waals surface area contributed by atoms with Gasteiger partial charge in [0.05, 0.1) is 5.54 Å². The van der Waals surface area contributed by atoms with Crippen molar-refractivity contribution in [2.45, 2.75) is 44.7 Å². The van der Waals surface area contributed by atoms with Crippen LogP contribution in [0, 0.1) is 5.92 Å². The third kappa shape index (κ3) is 1.46. The number of nitrogens with zero attached hydrogens (tertiary/aromatic N) is 1. The lowest BCUT2D eigenvalue weighted by Crippen LogP contribution is -2.47. The maximum Gasteiger partial charge on any atom is 0.242 e. The summed E-state index contributed by atoms with van der Waals surface area (Å²) in [7, 11) is 0. The van der Waals surface area contributed by atoms with E-state index in [4.69, 9.17) is 5.73 Å². The summed E-state index contributed by atoms with van der Waals surface area (Å²) in [6, 6.07) is 0.392. The van der Waals surface area contributed by atoms with Crippen molar-refractivity contribution in [3.8, 4) is 0 Å². The second-order valence-corrected chi connectivity index (χ2v) is 4.80.